The quantitative estimate of drug-likeness (QED) is 0.598. The van der Waals surface area contributed by atoms with Crippen molar-refractivity contribution in [3.63, 3.8) is 0 Å². The molecule has 0 aliphatic heterocycles. The van der Waals surface area contributed by atoms with Crippen LogP contribution in [0, 0.1) is 11.8 Å². The molecule has 0 spiro atoms. The molecule has 0 N–H and O–H groups in total. The summed E-state index contributed by atoms with van der Waals surface area (Å²) in [5, 5.41) is 0. The van der Waals surface area contributed by atoms with E-state index in [4.69, 9.17) is 16.3 Å². The highest BCUT2D eigenvalue weighted by molar-refractivity contribution is 6.17. The summed E-state index contributed by atoms with van der Waals surface area (Å²) in [4.78, 5) is 0. The topological polar surface area (TPSA) is 9.23 Å². The second-order valence-electron chi connectivity index (χ2n) is 3.64. The number of fused-ring (bicyclic) bond motifs is 1. The Kier molecular flexibility index (Phi) is 2.38. The molecule has 2 rings (SSSR count). The van der Waals surface area contributed by atoms with Crippen molar-refractivity contribution < 1.29 is 4.74 Å². The van der Waals surface area contributed by atoms with Crippen molar-refractivity contribution >= 4 is 11.6 Å². The summed E-state index contributed by atoms with van der Waals surface area (Å²) in [6.07, 6.45) is 6.23. The lowest BCUT2D eigenvalue weighted by molar-refractivity contribution is 0.115. The summed E-state index contributed by atoms with van der Waals surface area (Å²) in [5.41, 5.74) is 0. The van der Waals surface area contributed by atoms with E-state index in [2.05, 4.69) is 0 Å². The molecule has 0 amide bonds. The molecule has 2 heteroatoms. The Balaban J connectivity index is 1.72. The number of hydrogen-bond donors (Lipinski definition) is 0. The molecule has 2 aliphatic rings. The van der Waals surface area contributed by atoms with Gasteiger partial charge in [0.2, 0.25) is 0 Å². The summed E-state index contributed by atoms with van der Waals surface area (Å²) in [5.74, 6) is 2.47. The molecule has 0 bridgehead atoms. The van der Waals surface area contributed by atoms with E-state index in [1.54, 1.807) is 0 Å². The van der Waals surface area contributed by atoms with Crippen molar-refractivity contribution in [3.05, 3.63) is 0 Å². The molecule has 2 saturated carbocycles. The van der Waals surface area contributed by atoms with Gasteiger partial charge in [-0.2, -0.15) is 0 Å². The molecule has 2 aliphatic carbocycles. The van der Waals surface area contributed by atoms with Gasteiger partial charge in [0.1, 0.15) is 0 Å². The van der Waals surface area contributed by atoms with Crippen LogP contribution in [-0.2, 0) is 4.74 Å². The maximum absolute atomic E-state index is 5.62. The van der Waals surface area contributed by atoms with Gasteiger partial charge in [0.05, 0.1) is 12.7 Å². The van der Waals surface area contributed by atoms with Gasteiger partial charge in [-0.15, -0.1) is 11.6 Å². The fourth-order valence-electron chi connectivity index (χ4n) is 2.35. The zero-order valence-electron chi connectivity index (χ0n) is 6.76. The van der Waals surface area contributed by atoms with Crippen LogP contribution in [0.4, 0.5) is 0 Å². The fraction of sp³-hybridized carbons (Fsp3) is 1.00. The van der Waals surface area contributed by atoms with Crippen LogP contribution in [0.15, 0.2) is 0 Å². The van der Waals surface area contributed by atoms with Crippen LogP contribution in [0.5, 0.6) is 0 Å². The molecule has 64 valence electrons. The molecule has 0 heterocycles. The van der Waals surface area contributed by atoms with Crippen molar-refractivity contribution in [3.8, 4) is 0 Å². The average molecular weight is 175 g/mol. The summed E-state index contributed by atoms with van der Waals surface area (Å²) < 4.78 is 5.62. The molecular weight excluding hydrogens is 160 g/mol. The fourth-order valence-corrected chi connectivity index (χ4v) is 2.44. The van der Waals surface area contributed by atoms with Crippen molar-refractivity contribution in [2.24, 2.45) is 11.8 Å². The Morgan fingerprint density at radius 1 is 1.18 bits per heavy atom. The van der Waals surface area contributed by atoms with E-state index in [1.165, 1.54) is 25.7 Å². The van der Waals surface area contributed by atoms with Gasteiger partial charge in [0, 0.05) is 5.88 Å². The van der Waals surface area contributed by atoms with Crippen LogP contribution in [-0.4, -0.2) is 18.6 Å². The zero-order valence-corrected chi connectivity index (χ0v) is 7.52. The van der Waals surface area contributed by atoms with Crippen molar-refractivity contribution in [1.29, 1.82) is 0 Å². The van der Waals surface area contributed by atoms with Gasteiger partial charge in [-0.3, -0.25) is 0 Å². The minimum atomic E-state index is 0.594. The molecule has 1 unspecified atom stereocenters. The van der Waals surface area contributed by atoms with Crippen LogP contribution >= 0.6 is 11.6 Å². The van der Waals surface area contributed by atoms with E-state index in [0.717, 1.165) is 18.4 Å². The van der Waals surface area contributed by atoms with Gasteiger partial charge < -0.3 is 4.74 Å². The number of hydrogen-bond acceptors (Lipinski definition) is 1. The maximum Gasteiger partial charge on any atom is 0.0639 e. The van der Waals surface area contributed by atoms with Crippen LogP contribution in [0.3, 0.4) is 0 Å². The highest BCUT2D eigenvalue weighted by atomic mass is 35.5. The second-order valence-corrected chi connectivity index (χ2v) is 4.01. The molecule has 0 saturated heterocycles. The smallest absolute Gasteiger partial charge is 0.0639 e. The van der Waals surface area contributed by atoms with Gasteiger partial charge in [-0.25, -0.2) is 0 Å². The van der Waals surface area contributed by atoms with Crippen molar-refractivity contribution in [1.82, 2.24) is 0 Å². The largest absolute Gasteiger partial charge is 0.376 e. The Hall–Kier alpha value is 0.250. The van der Waals surface area contributed by atoms with Crippen molar-refractivity contribution in [2.75, 3.05) is 12.5 Å². The molecule has 3 atom stereocenters. The van der Waals surface area contributed by atoms with E-state index in [0.29, 0.717) is 12.0 Å². The first-order valence-electron chi connectivity index (χ1n) is 4.61. The first kappa shape index (κ1) is 7.88. The van der Waals surface area contributed by atoms with E-state index in [9.17, 15) is 0 Å². The highest BCUT2D eigenvalue weighted by Gasteiger charge is 2.51. The van der Waals surface area contributed by atoms with Crippen LogP contribution < -0.4 is 0 Å². The minimum absolute atomic E-state index is 0.594. The Labute approximate surface area is 73.1 Å². The molecular formula is C9H15ClO. The predicted octanol–water partition coefficient (Wildman–Crippen LogP) is 2.43. The van der Waals surface area contributed by atoms with Gasteiger partial charge in [0.15, 0.2) is 0 Å². The first-order valence-corrected chi connectivity index (χ1v) is 5.14. The molecule has 0 aromatic heterocycles. The van der Waals surface area contributed by atoms with E-state index in [1.807, 2.05) is 0 Å². The summed E-state index contributed by atoms with van der Waals surface area (Å²) in [6, 6.07) is 0. The lowest BCUT2D eigenvalue weighted by Crippen LogP contribution is -2.00. The van der Waals surface area contributed by atoms with Crippen LogP contribution in [0.2, 0.25) is 0 Å². The zero-order chi connectivity index (χ0) is 7.68. The maximum atomic E-state index is 5.62. The highest BCUT2D eigenvalue weighted by Crippen LogP contribution is 2.51. The normalized spacial score (nSPS) is 41.7. The lowest BCUT2D eigenvalue weighted by atomic mass is 10.0. The van der Waals surface area contributed by atoms with Gasteiger partial charge >= 0.3 is 0 Å². The number of alkyl halides is 1. The standard InChI is InChI=1S/C9H15ClO/c10-5-6-11-9-7-3-1-2-4-8(7)9/h7-9H,1-6H2/t7-,8+,9?. The van der Waals surface area contributed by atoms with Gasteiger partial charge in [-0.05, 0) is 24.7 Å². The summed E-state index contributed by atoms with van der Waals surface area (Å²) >= 11 is 5.55. The first-order chi connectivity index (χ1) is 5.43. The van der Waals surface area contributed by atoms with Crippen LogP contribution in [0.1, 0.15) is 25.7 Å². The van der Waals surface area contributed by atoms with E-state index >= 15 is 0 Å². The van der Waals surface area contributed by atoms with Gasteiger partial charge in [-0.1, -0.05) is 12.8 Å². The monoisotopic (exact) mass is 174 g/mol. The van der Waals surface area contributed by atoms with E-state index in [-0.39, 0.29) is 0 Å². The van der Waals surface area contributed by atoms with Crippen LogP contribution in [0.25, 0.3) is 0 Å². The number of ether oxygens (including phenoxy) is 1. The predicted molar refractivity (Wildman–Crippen MR) is 45.9 cm³/mol. The molecule has 0 radical (unpaired) electrons. The lowest BCUT2D eigenvalue weighted by Gasteiger charge is -2.04. The Morgan fingerprint density at radius 3 is 2.36 bits per heavy atom. The third-order valence-corrected chi connectivity index (χ3v) is 3.12. The summed E-state index contributed by atoms with van der Waals surface area (Å²) in [6.45, 7) is 0.749. The average Bonchev–Trinajstić information content (AvgIpc) is 2.75. The third kappa shape index (κ3) is 1.54. The number of halogens is 1. The Morgan fingerprint density at radius 2 is 1.82 bits per heavy atom. The molecule has 1 nitrogen and oxygen atoms in total. The second kappa shape index (κ2) is 3.32. The van der Waals surface area contributed by atoms with Gasteiger partial charge in [0.25, 0.3) is 0 Å². The third-order valence-electron chi connectivity index (χ3n) is 2.97. The Bertz CT molecular complexity index is 126. The molecule has 2 fully saturated rings. The molecule has 0 aromatic carbocycles. The van der Waals surface area contributed by atoms with Crippen molar-refractivity contribution in [2.45, 2.75) is 31.8 Å². The van der Waals surface area contributed by atoms with E-state index < -0.39 is 0 Å². The molecule has 11 heavy (non-hydrogen) atoms. The minimum Gasteiger partial charge on any atom is -0.376 e. The number of rotatable bonds is 3. The summed E-state index contributed by atoms with van der Waals surface area (Å²) in [7, 11) is 0. The SMILES string of the molecule is ClCCOC1[C@H]2CCCC[C@@H]12. The molecule has 0 aromatic rings.